The SMILES string of the molecule is COc1ccc2ccccc2c1[S+]1CCCC1.[O-][Cl+3]([O-])([O-])[O-]. The van der Waals surface area contributed by atoms with E-state index in [9.17, 15) is 0 Å². The number of hydrogen-bond donors (Lipinski definition) is 0. The third-order valence-corrected chi connectivity index (χ3v) is 5.94. The van der Waals surface area contributed by atoms with Gasteiger partial charge in [0.05, 0.1) is 7.11 Å². The lowest BCUT2D eigenvalue weighted by Gasteiger charge is -2.17. The molecule has 1 aliphatic heterocycles. The van der Waals surface area contributed by atoms with E-state index in [1.54, 1.807) is 7.11 Å². The van der Waals surface area contributed by atoms with Gasteiger partial charge in [0, 0.05) is 16.3 Å². The van der Waals surface area contributed by atoms with E-state index in [1.807, 2.05) is 0 Å². The molecule has 2 aromatic rings. The summed E-state index contributed by atoms with van der Waals surface area (Å²) in [4.78, 5) is 1.46. The first-order valence-electron chi connectivity index (χ1n) is 6.75. The highest BCUT2D eigenvalue weighted by molar-refractivity contribution is 7.97. The lowest BCUT2D eigenvalue weighted by Crippen LogP contribution is -2.68. The number of methoxy groups -OCH3 is 1. The first-order valence-corrected chi connectivity index (χ1v) is 9.55. The van der Waals surface area contributed by atoms with Crippen LogP contribution in [0.3, 0.4) is 0 Å². The minimum absolute atomic E-state index is 0.398. The Hall–Kier alpha value is -1.02. The first-order chi connectivity index (χ1) is 10.4. The molecule has 1 fully saturated rings. The molecule has 5 nitrogen and oxygen atoms in total. The third kappa shape index (κ3) is 4.74. The van der Waals surface area contributed by atoms with Crippen molar-refractivity contribution >= 4 is 21.7 Å². The number of benzene rings is 2. The van der Waals surface area contributed by atoms with Crippen LogP contribution in [0.15, 0.2) is 41.3 Å². The monoisotopic (exact) mass is 344 g/mol. The van der Waals surface area contributed by atoms with E-state index in [0.717, 1.165) is 5.75 Å². The van der Waals surface area contributed by atoms with Gasteiger partial charge in [-0.1, -0.05) is 24.3 Å². The van der Waals surface area contributed by atoms with Crippen LogP contribution in [0, 0.1) is 10.2 Å². The molecule has 0 aromatic heterocycles. The van der Waals surface area contributed by atoms with Gasteiger partial charge in [-0.15, -0.1) is 10.2 Å². The van der Waals surface area contributed by atoms with E-state index in [0.29, 0.717) is 10.9 Å². The number of rotatable bonds is 2. The van der Waals surface area contributed by atoms with Crippen LogP contribution < -0.4 is 23.4 Å². The minimum atomic E-state index is -4.94. The molecule has 2 aromatic carbocycles. The molecule has 22 heavy (non-hydrogen) atoms. The normalized spacial score (nSPS) is 15.5. The van der Waals surface area contributed by atoms with Gasteiger partial charge in [0.25, 0.3) is 0 Å². The van der Waals surface area contributed by atoms with Gasteiger partial charge < -0.3 is 4.74 Å². The zero-order valence-electron chi connectivity index (χ0n) is 12.1. The largest absolute Gasteiger partial charge is 0.492 e. The Morgan fingerprint density at radius 2 is 1.55 bits per heavy atom. The van der Waals surface area contributed by atoms with Gasteiger partial charge in [0.2, 0.25) is 4.90 Å². The highest BCUT2D eigenvalue weighted by Crippen LogP contribution is 2.36. The predicted octanol–water partition coefficient (Wildman–Crippen LogP) is -1.14. The summed E-state index contributed by atoms with van der Waals surface area (Å²) in [6.07, 6.45) is 2.74. The standard InChI is InChI=1S/C15H17OS.ClHO4/c1-16-14-9-8-12-6-2-3-7-13(12)15(14)17-10-4-5-11-17;2-1(3,4)5/h2-3,6-9H,4-5,10-11H2,1H3;(H,2,3,4,5)/q+1;/p-1. The first kappa shape index (κ1) is 17.3. The van der Waals surface area contributed by atoms with E-state index in [1.165, 1.54) is 40.0 Å². The average Bonchev–Trinajstić information content (AvgIpc) is 2.98. The molecule has 0 atom stereocenters. The topological polar surface area (TPSA) is 101 Å². The van der Waals surface area contributed by atoms with Crippen LogP contribution in [0.2, 0.25) is 0 Å². The van der Waals surface area contributed by atoms with Gasteiger partial charge in [-0.2, -0.15) is 0 Å². The molecular formula is C15H17ClO5S. The molecule has 0 unspecified atom stereocenters. The second kappa shape index (κ2) is 7.50. The van der Waals surface area contributed by atoms with E-state index < -0.39 is 10.2 Å². The highest BCUT2D eigenvalue weighted by atomic mass is 35.7. The van der Waals surface area contributed by atoms with E-state index >= 15 is 0 Å². The van der Waals surface area contributed by atoms with Crippen molar-refractivity contribution in [3.05, 3.63) is 36.4 Å². The van der Waals surface area contributed by atoms with Crippen LogP contribution in [-0.2, 0) is 10.9 Å². The fourth-order valence-electron chi connectivity index (χ4n) is 2.54. The zero-order chi connectivity index (χ0) is 16.2. The zero-order valence-corrected chi connectivity index (χ0v) is 13.7. The molecule has 1 saturated heterocycles. The molecule has 0 saturated carbocycles. The summed E-state index contributed by atoms with van der Waals surface area (Å²) in [5.74, 6) is 3.75. The molecule has 3 rings (SSSR count). The smallest absolute Gasteiger partial charge is 0.204 e. The summed E-state index contributed by atoms with van der Waals surface area (Å²) in [6.45, 7) is 0. The molecule has 0 amide bonds. The summed E-state index contributed by atoms with van der Waals surface area (Å²) in [7, 11) is -2.76. The maximum atomic E-state index is 8.49. The number of halogens is 1. The fourth-order valence-corrected chi connectivity index (χ4v) is 5.19. The quantitative estimate of drug-likeness (QED) is 0.641. The van der Waals surface area contributed by atoms with Crippen molar-refractivity contribution in [3.8, 4) is 5.75 Å². The summed E-state index contributed by atoms with van der Waals surface area (Å²) < 4.78 is 39.5. The lowest BCUT2D eigenvalue weighted by atomic mass is 10.1. The van der Waals surface area contributed by atoms with E-state index in [4.69, 9.17) is 23.4 Å². The molecule has 7 heteroatoms. The number of hydrogen-bond acceptors (Lipinski definition) is 5. The van der Waals surface area contributed by atoms with Crippen LogP contribution in [-0.4, -0.2) is 18.6 Å². The Labute approximate surface area is 134 Å². The highest BCUT2D eigenvalue weighted by Gasteiger charge is 2.31. The molecule has 0 N–H and O–H groups in total. The maximum absolute atomic E-state index is 8.49. The van der Waals surface area contributed by atoms with Crippen molar-refractivity contribution in [2.75, 3.05) is 18.6 Å². The van der Waals surface area contributed by atoms with Crippen LogP contribution >= 0.6 is 0 Å². The Balaban J connectivity index is 0.000000309. The van der Waals surface area contributed by atoms with Crippen molar-refractivity contribution in [1.82, 2.24) is 0 Å². The molecular weight excluding hydrogens is 328 g/mol. The summed E-state index contributed by atoms with van der Waals surface area (Å²) >= 11 is 0. The number of ether oxygens (including phenoxy) is 1. The molecule has 0 radical (unpaired) electrons. The van der Waals surface area contributed by atoms with E-state index in [-0.39, 0.29) is 0 Å². The van der Waals surface area contributed by atoms with E-state index in [2.05, 4.69) is 36.4 Å². The summed E-state index contributed by atoms with van der Waals surface area (Å²) in [5.41, 5.74) is 0. The van der Waals surface area contributed by atoms with Gasteiger partial charge in [0.15, 0.2) is 5.75 Å². The van der Waals surface area contributed by atoms with Gasteiger partial charge in [-0.25, -0.2) is 18.6 Å². The van der Waals surface area contributed by atoms with Gasteiger partial charge in [0.1, 0.15) is 11.5 Å². The second-order valence-corrected chi connectivity index (χ2v) is 7.77. The van der Waals surface area contributed by atoms with Gasteiger partial charge >= 0.3 is 0 Å². The average molecular weight is 345 g/mol. The van der Waals surface area contributed by atoms with Crippen molar-refractivity contribution < 1.29 is 33.6 Å². The molecule has 1 heterocycles. The molecule has 0 bridgehead atoms. The number of fused-ring (bicyclic) bond motifs is 1. The van der Waals surface area contributed by atoms with Crippen LogP contribution in [0.5, 0.6) is 5.75 Å². The summed E-state index contributed by atoms with van der Waals surface area (Å²) in [6, 6.07) is 13.0. The molecule has 1 aliphatic rings. The van der Waals surface area contributed by atoms with Gasteiger partial charge in [-0.05, 0) is 30.4 Å². The van der Waals surface area contributed by atoms with Crippen molar-refractivity contribution in [2.24, 2.45) is 0 Å². The van der Waals surface area contributed by atoms with Crippen LogP contribution in [0.25, 0.3) is 10.8 Å². The second-order valence-electron chi connectivity index (χ2n) is 4.80. The van der Waals surface area contributed by atoms with Gasteiger partial charge in [-0.3, -0.25) is 0 Å². The van der Waals surface area contributed by atoms with Crippen molar-refractivity contribution in [2.45, 2.75) is 17.7 Å². The Morgan fingerprint density at radius 1 is 0.955 bits per heavy atom. The van der Waals surface area contributed by atoms with Crippen LogP contribution in [0.1, 0.15) is 12.8 Å². The Bertz CT molecular complexity index is 617. The van der Waals surface area contributed by atoms with Crippen molar-refractivity contribution in [1.29, 1.82) is 0 Å². The predicted molar refractivity (Wildman–Crippen MR) is 75.1 cm³/mol. The fraction of sp³-hybridized carbons (Fsp3) is 0.333. The molecule has 0 aliphatic carbocycles. The molecule has 120 valence electrons. The minimum Gasteiger partial charge on any atom is -0.492 e. The Kier molecular flexibility index (Phi) is 5.91. The van der Waals surface area contributed by atoms with Crippen molar-refractivity contribution in [3.63, 3.8) is 0 Å². The maximum Gasteiger partial charge on any atom is 0.204 e. The Morgan fingerprint density at radius 3 is 2.14 bits per heavy atom. The molecule has 0 spiro atoms. The third-order valence-electron chi connectivity index (χ3n) is 3.38. The lowest BCUT2D eigenvalue weighted by molar-refractivity contribution is -2.00. The summed E-state index contributed by atoms with van der Waals surface area (Å²) in [5, 5.41) is 2.72. The van der Waals surface area contributed by atoms with Crippen LogP contribution in [0.4, 0.5) is 0 Å².